The highest BCUT2D eigenvalue weighted by Gasteiger charge is 2.39. The minimum atomic E-state index is -0.338. The molecule has 1 aliphatic heterocycles. The van der Waals surface area contributed by atoms with Crippen molar-refractivity contribution >= 4 is 5.91 Å². The van der Waals surface area contributed by atoms with Crippen molar-refractivity contribution in [2.75, 3.05) is 6.54 Å². The molecule has 1 aromatic carbocycles. The van der Waals surface area contributed by atoms with Crippen LogP contribution in [0.1, 0.15) is 37.4 Å². The summed E-state index contributed by atoms with van der Waals surface area (Å²) in [5.74, 6) is 0.0752. The van der Waals surface area contributed by atoms with Crippen LogP contribution in [0.2, 0.25) is 0 Å². The Labute approximate surface area is 113 Å². The maximum Gasteiger partial charge on any atom is 0.224 e. The molecule has 3 nitrogen and oxygen atoms in total. The predicted molar refractivity (Wildman–Crippen MR) is 73.0 cm³/mol. The first-order valence-corrected chi connectivity index (χ1v) is 6.71. The lowest BCUT2D eigenvalue weighted by atomic mass is 9.98. The van der Waals surface area contributed by atoms with Crippen molar-refractivity contribution < 1.29 is 9.18 Å². The predicted octanol–water partition coefficient (Wildman–Crippen LogP) is 2.39. The number of nitrogens with two attached hydrogens (primary N) is 1. The third-order valence-electron chi connectivity index (χ3n) is 3.50. The molecule has 0 saturated carbocycles. The molecule has 0 spiro atoms. The molecule has 2 unspecified atom stereocenters. The van der Waals surface area contributed by atoms with E-state index >= 15 is 0 Å². The molecule has 2 atom stereocenters. The van der Waals surface area contributed by atoms with Crippen LogP contribution in [0.25, 0.3) is 0 Å². The quantitative estimate of drug-likeness (QED) is 0.911. The monoisotopic (exact) mass is 264 g/mol. The first-order valence-electron chi connectivity index (χ1n) is 6.71. The number of hydrogen-bond acceptors (Lipinski definition) is 2. The van der Waals surface area contributed by atoms with Crippen LogP contribution in [0.4, 0.5) is 4.39 Å². The number of benzene rings is 1. The molecule has 1 saturated heterocycles. The number of likely N-dealkylation sites (tertiary alicyclic amines) is 1. The molecule has 0 aromatic heterocycles. The summed E-state index contributed by atoms with van der Waals surface area (Å²) in [7, 11) is 0. The van der Waals surface area contributed by atoms with Gasteiger partial charge in [0.2, 0.25) is 5.91 Å². The van der Waals surface area contributed by atoms with E-state index in [0.717, 1.165) is 5.56 Å². The Kier molecular flexibility index (Phi) is 3.90. The van der Waals surface area contributed by atoms with E-state index in [1.54, 1.807) is 17.0 Å². The summed E-state index contributed by atoms with van der Waals surface area (Å²) in [6, 6.07) is 4.31. The third-order valence-corrected chi connectivity index (χ3v) is 3.50. The molecule has 1 heterocycles. The smallest absolute Gasteiger partial charge is 0.224 e. The number of carbonyl (C=O) groups excluding carboxylic acids is 1. The van der Waals surface area contributed by atoms with Crippen molar-refractivity contribution in [2.45, 2.75) is 39.3 Å². The lowest BCUT2D eigenvalue weighted by molar-refractivity contribution is -0.129. The van der Waals surface area contributed by atoms with Gasteiger partial charge in [0.25, 0.3) is 0 Å². The van der Waals surface area contributed by atoms with Crippen LogP contribution in [0.3, 0.4) is 0 Å². The summed E-state index contributed by atoms with van der Waals surface area (Å²) in [6.07, 6.45) is 0.296. The van der Waals surface area contributed by atoms with Gasteiger partial charge in [-0.25, -0.2) is 4.39 Å². The highest BCUT2D eigenvalue weighted by molar-refractivity contribution is 5.80. The Morgan fingerprint density at radius 3 is 2.79 bits per heavy atom. The Balaban J connectivity index is 2.39. The van der Waals surface area contributed by atoms with Gasteiger partial charge in [0.05, 0.1) is 6.04 Å². The normalized spacial score (nSPS) is 23.5. The van der Waals surface area contributed by atoms with E-state index in [0.29, 0.717) is 24.4 Å². The molecule has 4 heteroatoms. The van der Waals surface area contributed by atoms with Gasteiger partial charge in [0.15, 0.2) is 0 Å². The molecule has 19 heavy (non-hydrogen) atoms. The van der Waals surface area contributed by atoms with Gasteiger partial charge in [0.1, 0.15) is 5.82 Å². The standard InChI is InChI=1S/C15H21FN2O/c1-9(2)8-18-14(19)7-13(17)15(18)11-6-10(3)4-5-12(11)16/h4-6,9,13,15H,7-8,17H2,1-3H3. The number of aryl methyl sites for hydroxylation is 1. The van der Waals surface area contributed by atoms with Crippen molar-refractivity contribution in [3.8, 4) is 0 Å². The average Bonchev–Trinajstić information content (AvgIpc) is 2.57. The molecule has 0 radical (unpaired) electrons. The Morgan fingerprint density at radius 1 is 1.47 bits per heavy atom. The number of nitrogens with zero attached hydrogens (tertiary/aromatic N) is 1. The van der Waals surface area contributed by atoms with Crippen molar-refractivity contribution in [3.63, 3.8) is 0 Å². The van der Waals surface area contributed by atoms with Gasteiger partial charge in [-0.15, -0.1) is 0 Å². The summed E-state index contributed by atoms with van der Waals surface area (Å²) in [5, 5.41) is 0. The molecular weight excluding hydrogens is 243 g/mol. The summed E-state index contributed by atoms with van der Waals surface area (Å²) in [6.45, 7) is 6.62. The molecule has 1 amide bonds. The van der Waals surface area contributed by atoms with Gasteiger partial charge in [-0.3, -0.25) is 4.79 Å². The van der Waals surface area contributed by atoms with E-state index in [9.17, 15) is 9.18 Å². The summed E-state index contributed by atoms with van der Waals surface area (Å²) in [4.78, 5) is 13.8. The molecule has 2 N–H and O–H groups in total. The van der Waals surface area contributed by atoms with Gasteiger partial charge in [-0.1, -0.05) is 31.5 Å². The summed E-state index contributed by atoms with van der Waals surface area (Å²) in [5.41, 5.74) is 7.58. The van der Waals surface area contributed by atoms with Crippen LogP contribution < -0.4 is 5.73 Å². The zero-order valence-corrected chi connectivity index (χ0v) is 11.7. The lowest BCUT2D eigenvalue weighted by Crippen LogP contribution is -2.36. The number of hydrogen-bond donors (Lipinski definition) is 1. The van der Waals surface area contributed by atoms with Crippen molar-refractivity contribution in [1.82, 2.24) is 4.90 Å². The van der Waals surface area contributed by atoms with Gasteiger partial charge < -0.3 is 10.6 Å². The van der Waals surface area contributed by atoms with E-state index in [1.165, 1.54) is 6.07 Å². The highest BCUT2D eigenvalue weighted by atomic mass is 19.1. The molecule has 0 bridgehead atoms. The van der Waals surface area contributed by atoms with Gasteiger partial charge >= 0.3 is 0 Å². The Hall–Kier alpha value is -1.42. The van der Waals surface area contributed by atoms with E-state index < -0.39 is 0 Å². The van der Waals surface area contributed by atoms with E-state index in [1.807, 2.05) is 20.8 Å². The first kappa shape index (κ1) is 14.0. The molecular formula is C15H21FN2O. The zero-order valence-electron chi connectivity index (χ0n) is 11.7. The third kappa shape index (κ3) is 2.78. The van der Waals surface area contributed by atoms with Crippen LogP contribution in [0, 0.1) is 18.7 Å². The molecule has 1 aromatic rings. The first-order chi connectivity index (χ1) is 8.90. The SMILES string of the molecule is Cc1ccc(F)c(C2C(N)CC(=O)N2CC(C)C)c1. The second kappa shape index (κ2) is 5.29. The van der Waals surface area contributed by atoms with Crippen molar-refractivity contribution in [3.05, 3.63) is 35.1 Å². The largest absolute Gasteiger partial charge is 0.334 e. The minimum Gasteiger partial charge on any atom is -0.334 e. The lowest BCUT2D eigenvalue weighted by Gasteiger charge is -2.29. The van der Waals surface area contributed by atoms with Crippen LogP contribution in [-0.2, 0) is 4.79 Å². The molecule has 1 fully saturated rings. The zero-order chi connectivity index (χ0) is 14.2. The van der Waals surface area contributed by atoms with Crippen LogP contribution in [0.15, 0.2) is 18.2 Å². The maximum absolute atomic E-state index is 14.0. The summed E-state index contributed by atoms with van der Waals surface area (Å²) >= 11 is 0. The van der Waals surface area contributed by atoms with Gasteiger partial charge in [-0.2, -0.15) is 0 Å². The highest BCUT2D eigenvalue weighted by Crippen LogP contribution is 2.34. The molecule has 0 aliphatic carbocycles. The number of rotatable bonds is 3. The fraction of sp³-hybridized carbons (Fsp3) is 0.533. The number of carbonyl (C=O) groups is 1. The van der Waals surface area contributed by atoms with Gasteiger partial charge in [0, 0.05) is 24.6 Å². The fourth-order valence-electron chi connectivity index (χ4n) is 2.71. The van der Waals surface area contributed by atoms with Crippen LogP contribution >= 0.6 is 0 Å². The maximum atomic E-state index is 14.0. The Morgan fingerprint density at radius 2 is 2.16 bits per heavy atom. The van der Waals surface area contributed by atoms with Gasteiger partial charge in [-0.05, 0) is 18.9 Å². The van der Waals surface area contributed by atoms with E-state index in [4.69, 9.17) is 5.73 Å². The van der Waals surface area contributed by atoms with Crippen molar-refractivity contribution in [2.24, 2.45) is 11.7 Å². The molecule has 1 aliphatic rings. The topological polar surface area (TPSA) is 46.3 Å². The fourth-order valence-corrected chi connectivity index (χ4v) is 2.71. The van der Waals surface area contributed by atoms with Crippen molar-refractivity contribution in [1.29, 1.82) is 0 Å². The second-order valence-corrected chi connectivity index (χ2v) is 5.78. The average molecular weight is 264 g/mol. The number of amides is 1. The van der Waals surface area contributed by atoms with E-state index in [2.05, 4.69) is 0 Å². The molecule has 104 valence electrons. The molecule has 2 rings (SSSR count). The second-order valence-electron chi connectivity index (χ2n) is 5.78. The Bertz CT molecular complexity index is 487. The summed E-state index contributed by atoms with van der Waals surface area (Å²) < 4.78 is 14.0. The number of halogens is 1. The minimum absolute atomic E-state index is 0.0205. The van der Waals surface area contributed by atoms with E-state index in [-0.39, 0.29) is 23.8 Å². The van der Waals surface area contributed by atoms with Crippen LogP contribution in [0.5, 0.6) is 0 Å². The van der Waals surface area contributed by atoms with Crippen LogP contribution in [-0.4, -0.2) is 23.4 Å².